The molecule has 3 rings (SSSR count). The summed E-state index contributed by atoms with van der Waals surface area (Å²) in [6, 6.07) is 0. The minimum Gasteiger partial charge on any atom is -0.349 e. The van der Waals surface area contributed by atoms with E-state index in [9.17, 15) is 9.59 Å². The molecular formula is C19H27N5O2. The molecule has 1 aliphatic carbocycles. The van der Waals surface area contributed by atoms with Crippen molar-refractivity contribution in [3.8, 4) is 0 Å². The second kappa shape index (κ2) is 7.05. The highest BCUT2D eigenvalue weighted by Gasteiger charge is 2.36. The van der Waals surface area contributed by atoms with E-state index in [2.05, 4.69) is 45.8 Å². The van der Waals surface area contributed by atoms with Crippen LogP contribution in [0.5, 0.6) is 0 Å². The van der Waals surface area contributed by atoms with Gasteiger partial charge in [-0.05, 0) is 30.7 Å². The van der Waals surface area contributed by atoms with Gasteiger partial charge in [-0.2, -0.15) is 5.10 Å². The van der Waals surface area contributed by atoms with Crippen LogP contribution in [0.2, 0.25) is 0 Å². The molecule has 0 spiro atoms. The molecule has 0 atom stereocenters. The summed E-state index contributed by atoms with van der Waals surface area (Å²) in [5, 5.41) is 9.34. The molecule has 1 amide bonds. The van der Waals surface area contributed by atoms with Crippen molar-refractivity contribution in [1.82, 2.24) is 25.1 Å². The minimum absolute atomic E-state index is 0.0355. The fourth-order valence-corrected chi connectivity index (χ4v) is 3.87. The standard InChI is InChI=1S/C19H27N5O2/c1-5-6-24-12(2)13(7-17(26)20-10-16-21-11-22-23-16)18-14(24)8-19(3,4)9-15(18)25/h11H,5-10H2,1-4H3,(H,20,26)(H,21,22,23). The van der Waals surface area contributed by atoms with E-state index in [1.807, 2.05) is 6.92 Å². The number of hydrogen-bond donors (Lipinski definition) is 2. The van der Waals surface area contributed by atoms with Crippen LogP contribution in [0.4, 0.5) is 0 Å². The highest BCUT2D eigenvalue weighted by Crippen LogP contribution is 2.38. The van der Waals surface area contributed by atoms with E-state index in [1.165, 1.54) is 6.33 Å². The Morgan fingerprint density at radius 2 is 2.15 bits per heavy atom. The monoisotopic (exact) mass is 357 g/mol. The molecule has 0 unspecified atom stereocenters. The number of carbonyl (C=O) groups is 2. The Bertz CT molecular complexity index is 818. The quantitative estimate of drug-likeness (QED) is 0.830. The third kappa shape index (κ3) is 3.57. The number of H-pyrrole nitrogens is 1. The lowest BCUT2D eigenvalue weighted by atomic mass is 9.75. The lowest BCUT2D eigenvalue weighted by Crippen LogP contribution is -2.29. The second-order valence-electron chi connectivity index (χ2n) is 7.86. The molecule has 7 nitrogen and oxygen atoms in total. The first kappa shape index (κ1) is 18.4. The summed E-state index contributed by atoms with van der Waals surface area (Å²) in [6.45, 7) is 9.60. The molecule has 0 aliphatic heterocycles. The van der Waals surface area contributed by atoms with Crippen molar-refractivity contribution < 1.29 is 9.59 Å². The minimum atomic E-state index is -0.112. The average molecular weight is 357 g/mol. The first-order chi connectivity index (χ1) is 12.3. The summed E-state index contributed by atoms with van der Waals surface area (Å²) < 4.78 is 2.24. The zero-order valence-corrected chi connectivity index (χ0v) is 16.0. The molecule has 7 heteroatoms. The fraction of sp³-hybridized carbons (Fsp3) is 0.579. The van der Waals surface area contributed by atoms with Gasteiger partial charge in [-0.1, -0.05) is 20.8 Å². The first-order valence-electron chi connectivity index (χ1n) is 9.17. The van der Waals surface area contributed by atoms with E-state index >= 15 is 0 Å². The van der Waals surface area contributed by atoms with Crippen molar-refractivity contribution in [2.75, 3.05) is 0 Å². The zero-order chi connectivity index (χ0) is 18.9. The van der Waals surface area contributed by atoms with Crippen LogP contribution in [0.25, 0.3) is 0 Å². The highest BCUT2D eigenvalue weighted by atomic mass is 16.1. The molecule has 0 fully saturated rings. The Balaban J connectivity index is 1.87. The number of aromatic nitrogens is 4. The van der Waals surface area contributed by atoms with E-state index in [4.69, 9.17) is 0 Å². The van der Waals surface area contributed by atoms with E-state index < -0.39 is 0 Å². The number of Topliss-reactive ketones (excluding diaryl/α,β-unsaturated/α-hetero) is 1. The number of fused-ring (bicyclic) bond motifs is 1. The summed E-state index contributed by atoms with van der Waals surface area (Å²) in [4.78, 5) is 29.3. The van der Waals surface area contributed by atoms with Gasteiger partial charge >= 0.3 is 0 Å². The third-order valence-corrected chi connectivity index (χ3v) is 5.02. The topological polar surface area (TPSA) is 92.7 Å². The molecule has 0 radical (unpaired) electrons. The molecule has 2 N–H and O–H groups in total. The van der Waals surface area contributed by atoms with E-state index in [0.29, 0.717) is 18.8 Å². The van der Waals surface area contributed by atoms with Crippen LogP contribution in [0.1, 0.15) is 66.7 Å². The van der Waals surface area contributed by atoms with Crippen molar-refractivity contribution in [2.24, 2.45) is 5.41 Å². The van der Waals surface area contributed by atoms with Gasteiger partial charge in [0.15, 0.2) is 5.78 Å². The van der Waals surface area contributed by atoms with Gasteiger partial charge in [0.05, 0.1) is 13.0 Å². The lowest BCUT2D eigenvalue weighted by molar-refractivity contribution is -0.120. The van der Waals surface area contributed by atoms with Crippen molar-refractivity contribution in [3.05, 3.63) is 34.7 Å². The highest BCUT2D eigenvalue weighted by molar-refractivity contribution is 6.01. The summed E-state index contributed by atoms with van der Waals surface area (Å²) >= 11 is 0. The van der Waals surface area contributed by atoms with Crippen molar-refractivity contribution in [2.45, 2.75) is 66.5 Å². The van der Waals surface area contributed by atoms with Crippen molar-refractivity contribution in [3.63, 3.8) is 0 Å². The molecule has 0 bridgehead atoms. The van der Waals surface area contributed by atoms with Crippen LogP contribution < -0.4 is 5.32 Å². The Morgan fingerprint density at radius 3 is 2.81 bits per heavy atom. The van der Waals surface area contributed by atoms with E-state index in [-0.39, 0.29) is 23.5 Å². The number of nitrogens with zero attached hydrogens (tertiary/aromatic N) is 3. The molecule has 26 heavy (non-hydrogen) atoms. The lowest BCUT2D eigenvalue weighted by Gasteiger charge is -2.30. The Hall–Kier alpha value is -2.44. The van der Waals surface area contributed by atoms with Gasteiger partial charge in [-0.3, -0.25) is 14.7 Å². The fourth-order valence-electron chi connectivity index (χ4n) is 3.87. The SMILES string of the molecule is CCCn1c(C)c(CC(=O)NCc2ncn[nH]2)c2c1CC(C)(C)CC2=O. The molecule has 0 aromatic carbocycles. The van der Waals surface area contributed by atoms with Gasteiger partial charge in [-0.25, -0.2) is 4.98 Å². The maximum absolute atomic E-state index is 12.8. The summed E-state index contributed by atoms with van der Waals surface area (Å²) in [6.07, 6.45) is 4.02. The maximum Gasteiger partial charge on any atom is 0.224 e. The maximum atomic E-state index is 12.8. The van der Waals surface area contributed by atoms with Crippen molar-refractivity contribution >= 4 is 11.7 Å². The largest absolute Gasteiger partial charge is 0.349 e. The molecular weight excluding hydrogens is 330 g/mol. The van der Waals surface area contributed by atoms with Gasteiger partial charge in [0.25, 0.3) is 0 Å². The van der Waals surface area contributed by atoms with Gasteiger partial charge in [0, 0.05) is 29.9 Å². The Kier molecular flexibility index (Phi) is 4.98. The predicted octanol–water partition coefficient (Wildman–Crippen LogP) is 2.34. The summed E-state index contributed by atoms with van der Waals surface area (Å²) in [7, 11) is 0. The normalized spacial score (nSPS) is 15.8. The number of amides is 1. The Morgan fingerprint density at radius 1 is 1.38 bits per heavy atom. The van der Waals surface area contributed by atoms with Crippen LogP contribution in [-0.2, 0) is 30.7 Å². The zero-order valence-electron chi connectivity index (χ0n) is 16.0. The Labute approximate surface area is 153 Å². The van der Waals surface area contributed by atoms with Crippen LogP contribution in [0.15, 0.2) is 6.33 Å². The third-order valence-electron chi connectivity index (χ3n) is 5.02. The van der Waals surface area contributed by atoms with Gasteiger partial charge in [0.1, 0.15) is 12.2 Å². The predicted molar refractivity (Wildman–Crippen MR) is 97.8 cm³/mol. The molecule has 140 valence electrons. The van der Waals surface area contributed by atoms with Crippen LogP contribution in [0, 0.1) is 12.3 Å². The van der Waals surface area contributed by atoms with Gasteiger partial charge in [-0.15, -0.1) is 0 Å². The first-order valence-corrected chi connectivity index (χ1v) is 9.17. The molecule has 2 heterocycles. The smallest absolute Gasteiger partial charge is 0.224 e. The number of nitrogens with one attached hydrogen (secondary N) is 2. The number of aromatic amines is 1. The van der Waals surface area contributed by atoms with Crippen LogP contribution >= 0.6 is 0 Å². The van der Waals surface area contributed by atoms with E-state index in [0.717, 1.165) is 41.9 Å². The molecule has 2 aromatic rings. The van der Waals surface area contributed by atoms with Crippen LogP contribution in [-0.4, -0.2) is 31.4 Å². The van der Waals surface area contributed by atoms with Gasteiger partial charge in [0.2, 0.25) is 5.91 Å². The van der Waals surface area contributed by atoms with Crippen LogP contribution in [0.3, 0.4) is 0 Å². The number of rotatable bonds is 6. The second-order valence-corrected chi connectivity index (χ2v) is 7.86. The molecule has 2 aromatic heterocycles. The summed E-state index contributed by atoms with van der Waals surface area (Å²) in [5.74, 6) is 0.657. The molecule has 1 aliphatic rings. The average Bonchev–Trinajstić information content (AvgIpc) is 3.15. The number of hydrogen-bond acceptors (Lipinski definition) is 4. The molecule has 0 saturated carbocycles. The van der Waals surface area contributed by atoms with Crippen molar-refractivity contribution in [1.29, 1.82) is 0 Å². The van der Waals surface area contributed by atoms with E-state index in [1.54, 1.807) is 0 Å². The van der Waals surface area contributed by atoms with Gasteiger partial charge < -0.3 is 9.88 Å². The summed E-state index contributed by atoms with van der Waals surface area (Å²) in [5.41, 5.74) is 3.77. The number of carbonyl (C=O) groups excluding carboxylic acids is 2. The number of ketones is 1. The molecule has 0 saturated heterocycles.